The van der Waals surface area contributed by atoms with Gasteiger partial charge in [-0.1, -0.05) is 0 Å². The molecule has 1 amide bonds. The maximum absolute atomic E-state index is 11.0. The van der Waals surface area contributed by atoms with E-state index in [1.807, 2.05) is 6.92 Å². The molecule has 4 heteroatoms. The highest BCUT2D eigenvalue weighted by Crippen LogP contribution is 2.16. The fourth-order valence-electron chi connectivity index (χ4n) is 0.830. The van der Waals surface area contributed by atoms with E-state index in [2.05, 4.69) is 0 Å². The van der Waals surface area contributed by atoms with Crippen molar-refractivity contribution in [3.63, 3.8) is 0 Å². The minimum atomic E-state index is -0.704. The highest BCUT2D eigenvalue weighted by molar-refractivity contribution is 5.80. The summed E-state index contributed by atoms with van der Waals surface area (Å²) in [6, 6.07) is 0. The van der Waals surface area contributed by atoms with Crippen LogP contribution in [0.5, 0.6) is 0 Å². The summed E-state index contributed by atoms with van der Waals surface area (Å²) in [7, 11) is 1.53. The van der Waals surface area contributed by atoms with Crippen molar-refractivity contribution in [1.29, 1.82) is 0 Å². The van der Waals surface area contributed by atoms with Crippen LogP contribution in [0.25, 0.3) is 0 Å². The Morgan fingerprint density at radius 1 is 1.50 bits per heavy atom. The number of rotatable bonds is 6. The molecule has 0 aromatic rings. The Labute approximate surface area is 73.0 Å². The smallest absolute Gasteiger partial charge is 0.228 e. The van der Waals surface area contributed by atoms with Crippen LogP contribution in [-0.2, 0) is 14.3 Å². The summed E-state index contributed by atoms with van der Waals surface area (Å²) in [5, 5.41) is 0. The quantitative estimate of drug-likeness (QED) is 0.625. The SMILES string of the molecule is CCOCC(C)(COC)C(N)=O. The van der Waals surface area contributed by atoms with Gasteiger partial charge in [0.15, 0.2) is 0 Å². The molecular formula is C8H17NO3. The minimum absolute atomic E-state index is 0.294. The van der Waals surface area contributed by atoms with Gasteiger partial charge in [0, 0.05) is 13.7 Å². The second kappa shape index (κ2) is 5.11. The molecule has 0 spiro atoms. The fourth-order valence-corrected chi connectivity index (χ4v) is 0.830. The van der Waals surface area contributed by atoms with Gasteiger partial charge in [0.05, 0.1) is 18.6 Å². The summed E-state index contributed by atoms with van der Waals surface area (Å²) in [6.45, 7) is 4.78. The van der Waals surface area contributed by atoms with Gasteiger partial charge in [0.1, 0.15) is 0 Å². The second-order valence-electron chi connectivity index (χ2n) is 3.00. The fraction of sp³-hybridized carbons (Fsp3) is 0.875. The highest BCUT2D eigenvalue weighted by atomic mass is 16.5. The lowest BCUT2D eigenvalue weighted by Crippen LogP contribution is -2.42. The van der Waals surface area contributed by atoms with E-state index in [1.165, 1.54) is 7.11 Å². The number of amides is 1. The lowest BCUT2D eigenvalue weighted by molar-refractivity contribution is -0.133. The zero-order valence-corrected chi connectivity index (χ0v) is 7.92. The zero-order valence-electron chi connectivity index (χ0n) is 7.92. The van der Waals surface area contributed by atoms with E-state index in [-0.39, 0.29) is 0 Å². The van der Waals surface area contributed by atoms with Gasteiger partial charge in [-0.3, -0.25) is 4.79 Å². The van der Waals surface area contributed by atoms with Crippen molar-refractivity contribution in [2.75, 3.05) is 26.9 Å². The molecule has 72 valence electrons. The van der Waals surface area contributed by atoms with E-state index < -0.39 is 11.3 Å². The van der Waals surface area contributed by atoms with E-state index in [0.29, 0.717) is 19.8 Å². The van der Waals surface area contributed by atoms with Crippen molar-refractivity contribution in [1.82, 2.24) is 0 Å². The molecule has 0 aliphatic carbocycles. The number of methoxy groups -OCH3 is 1. The van der Waals surface area contributed by atoms with Gasteiger partial charge >= 0.3 is 0 Å². The van der Waals surface area contributed by atoms with Crippen LogP contribution in [0.3, 0.4) is 0 Å². The molecular weight excluding hydrogens is 158 g/mol. The van der Waals surface area contributed by atoms with Crippen molar-refractivity contribution in [3.05, 3.63) is 0 Å². The third-order valence-corrected chi connectivity index (χ3v) is 1.68. The van der Waals surface area contributed by atoms with E-state index in [4.69, 9.17) is 15.2 Å². The van der Waals surface area contributed by atoms with E-state index in [9.17, 15) is 4.79 Å². The molecule has 0 aliphatic rings. The molecule has 12 heavy (non-hydrogen) atoms. The molecule has 0 aliphatic heterocycles. The maximum Gasteiger partial charge on any atom is 0.228 e. The molecule has 0 aromatic heterocycles. The molecule has 1 atom stereocenters. The molecule has 0 saturated heterocycles. The normalized spacial score (nSPS) is 15.6. The van der Waals surface area contributed by atoms with Crippen LogP contribution in [0.4, 0.5) is 0 Å². The summed E-state index contributed by atoms with van der Waals surface area (Å²) in [4.78, 5) is 11.0. The first-order valence-corrected chi connectivity index (χ1v) is 3.93. The van der Waals surface area contributed by atoms with Crippen LogP contribution in [0.2, 0.25) is 0 Å². The van der Waals surface area contributed by atoms with Crippen molar-refractivity contribution in [2.24, 2.45) is 11.1 Å². The predicted molar refractivity (Wildman–Crippen MR) is 45.7 cm³/mol. The average molecular weight is 175 g/mol. The molecule has 0 aromatic carbocycles. The van der Waals surface area contributed by atoms with Crippen LogP contribution in [-0.4, -0.2) is 32.8 Å². The van der Waals surface area contributed by atoms with Crippen LogP contribution in [0.1, 0.15) is 13.8 Å². The topological polar surface area (TPSA) is 61.6 Å². The van der Waals surface area contributed by atoms with E-state index in [1.54, 1.807) is 6.92 Å². The summed E-state index contributed by atoms with van der Waals surface area (Å²) < 4.78 is 10.0. The number of carbonyl (C=O) groups excluding carboxylic acids is 1. The monoisotopic (exact) mass is 175 g/mol. The van der Waals surface area contributed by atoms with Gasteiger partial charge in [0.2, 0.25) is 5.91 Å². The molecule has 0 radical (unpaired) electrons. The number of hydrogen-bond donors (Lipinski definition) is 1. The number of hydrogen-bond acceptors (Lipinski definition) is 3. The van der Waals surface area contributed by atoms with Gasteiger partial charge in [-0.15, -0.1) is 0 Å². The van der Waals surface area contributed by atoms with E-state index in [0.717, 1.165) is 0 Å². The molecule has 0 saturated carbocycles. The predicted octanol–water partition coefficient (Wildman–Crippen LogP) is 0.161. The van der Waals surface area contributed by atoms with Gasteiger partial charge in [-0.05, 0) is 13.8 Å². The van der Waals surface area contributed by atoms with Crippen molar-refractivity contribution >= 4 is 5.91 Å². The van der Waals surface area contributed by atoms with Crippen LogP contribution in [0.15, 0.2) is 0 Å². The third kappa shape index (κ3) is 3.19. The third-order valence-electron chi connectivity index (χ3n) is 1.68. The molecule has 0 rings (SSSR count). The Hall–Kier alpha value is -0.610. The first-order chi connectivity index (χ1) is 5.56. The second-order valence-corrected chi connectivity index (χ2v) is 3.00. The highest BCUT2D eigenvalue weighted by Gasteiger charge is 2.31. The minimum Gasteiger partial charge on any atom is -0.383 e. The maximum atomic E-state index is 11.0. The van der Waals surface area contributed by atoms with Crippen LogP contribution in [0, 0.1) is 5.41 Å². The first-order valence-electron chi connectivity index (χ1n) is 3.93. The average Bonchev–Trinajstić information content (AvgIpc) is 2.01. The van der Waals surface area contributed by atoms with Crippen LogP contribution < -0.4 is 5.73 Å². The Bertz CT molecular complexity index is 149. The number of carbonyl (C=O) groups is 1. The summed E-state index contributed by atoms with van der Waals surface area (Å²) in [5.74, 6) is -0.391. The van der Waals surface area contributed by atoms with Crippen LogP contribution >= 0.6 is 0 Å². The lowest BCUT2D eigenvalue weighted by atomic mass is 9.92. The van der Waals surface area contributed by atoms with Gasteiger partial charge in [-0.2, -0.15) is 0 Å². The molecule has 1 unspecified atom stereocenters. The summed E-state index contributed by atoms with van der Waals surface area (Å²) >= 11 is 0. The van der Waals surface area contributed by atoms with Crippen molar-refractivity contribution in [3.8, 4) is 0 Å². The molecule has 0 heterocycles. The standard InChI is InChI=1S/C8H17NO3/c1-4-12-6-8(2,5-11-3)7(9)10/h4-6H2,1-3H3,(H2,9,10). The molecule has 2 N–H and O–H groups in total. The van der Waals surface area contributed by atoms with Gasteiger partial charge in [0.25, 0.3) is 0 Å². The summed E-state index contributed by atoms with van der Waals surface area (Å²) in [6.07, 6.45) is 0. The Kier molecular flexibility index (Phi) is 4.85. The zero-order chi connectivity index (χ0) is 9.61. The number of ether oxygens (including phenoxy) is 2. The van der Waals surface area contributed by atoms with E-state index >= 15 is 0 Å². The van der Waals surface area contributed by atoms with Gasteiger partial charge < -0.3 is 15.2 Å². The molecule has 0 fully saturated rings. The number of nitrogens with two attached hydrogens (primary N) is 1. The Morgan fingerprint density at radius 3 is 2.42 bits per heavy atom. The number of primary amides is 1. The largest absolute Gasteiger partial charge is 0.383 e. The Balaban J connectivity index is 4.08. The van der Waals surface area contributed by atoms with Crippen molar-refractivity contribution in [2.45, 2.75) is 13.8 Å². The van der Waals surface area contributed by atoms with Crippen molar-refractivity contribution < 1.29 is 14.3 Å². The Morgan fingerprint density at radius 2 is 2.08 bits per heavy atom. The molecule has 4 nitrogen and oxygen atoms in total. The van der Waals surface area contributed by atoms with Gasteiger partial charge in [-0.25, -0.2) is 0 Å². The first kappa shape index (κ1) is 11.4. The lowest BCUT2D eigenvalue weighted by Gasteiger charge is -2.24. The molecule has 0 bridgehead atoms. The summed E-state index contributed by atoms with van der Waals surface area (Å²) in [5.41, 5.74) is 4.50.